The maximum atomic E-state index is 14.3. The number of likely N-dealkylation sites (tertiary alicyclic amines) is 1. The van der Waals surface area contributed by atoms with Gasteiger partial charge in [0.15, 0.2) is 0 Å². The fraction of sp³-hybridized carbons (Fsp3) is 0.558. The highest BCUT2D eigenvalue weighted by Crippen LogP contribution is 2.20. The highest BCUT2D eigenvalue weighted by atomic mass is 32.1. The van der Waals surface area contributed by atoms with E-state index in [-0.39, 0.29) is 86.1 Å². The zero-order chi connectivity index (χ0) is 66.5. The lowest BCUT2D eigenvalue weighted by Crippen LogP contribution is -2.60. The van der Waals surface area contributed by atoms with Crippen molar-refractivity contribution < 1.29 is 77.3 Å². The van der Waals surface area contributed by atoms with Gasteiger partial charge < -0.3 is 95.8 Å². The summed E-state index contributed by atoms with van der Waals surface area (Å²) in [6, 6.07) is -9.88. The second-order valence-corrected chi connectivity index (χ2v) is 21.8. The molecule has 37 heteroatoms. The van der Waals surface area contributed by atoms with Gasteiger partial charge in [-0.2, -0.15) is 50.5 Å². The minimum Gasteiger partial charge on any atom is -0.508 e. The molecule has 492 valence electrons. The molecule has 1 aliphatic rings. The maximum absolute atomic E-state index is 14.3. The molecule has 1 aliphatic heterocycles. The lowest BCUT2D eigenvalue weighted by molar-refractivity contribution is -0.143. The van der Waals surface area contributed by atoms with Gasteiger partial charge in [-0.1, -0.05) is 12.1 Å². The van der Waals surface area contributed by atoms with Crippen molar-refractivity contribution >= 4 is 133 Å². The van der Waals surface area contributed by atoms with Crippen LogP contribution in [0.25, 0.3) is 0 Å². The third-order valence-corrected chi connectivity index (χ3v) is 14.9. The number of aliphatic hydroxyl groups is 1. The molecule has 0 radical (unpaired) electrons. The first-order valence-corrected chi connectivity index (χ1v) is 30.4. The number of H-pyrrole nitrogens is 1. The molecular weight excluding hydrogens is 1250 g/mol. The molecule has 2 heterocycles. The Kier molecular flexibility index (Phi) is 32.6. The molecule has 89 heavy (non-hydrogen) atoms. The number of thiol groups is 4. The first-order valence-electron chi connectivity index (χ1n) is 27.9. The number of phenolic OH excluding ortho intramolecular Hbond substituents is 1. The summed E-state index contributed by atoms with van der Waals surface area (Å²) in [6.45, 7) is 0.921. The monoisotopic (exact) mass is 1330 g/mol. The fourth-order valence-electron chi connectivity index (χ4n) is 8.63. The van der Waals surface area contributed by atoms with Crippen molar-refractivity contribution in [3.8, 4) is 5.75 Å². The van der Waals surface area contributed by atoms with E-state index >= 15 is 0 Å². The van der Waals surface area contributed by atoms with Crippen molar-refractivity contribution in [3.63, 3.8) is 0 Å². The Balaban J connectivity index is 1.72. The number of carbonyl (C=O) groups excluding carboxylic acids is 14. The van der Waals surface area contributed by atoms with Crippen LogP contribution in [-0.4, -0.2) is 223 Å². The van der Waals surface area contributed by atoms with Crippen molar-refractivity contribution in [1.29, 1.82) is 0 Å². The molecule has 0 saturated carbocycles. The van der Waals surface area contributed by atoms with Gasteiger partial charge in [0.2, 0.25) is 82.7 Å². The smallest absolute Gasteiger partial charge is 0.246 e. The summed E-state index contributed by atoms with van der Waals surface area (Å²) in [6.07, 6.45) is 2.50. The Morgan fingerprint density at radius 2 is 1.13 bits per heavy atom. The first kappa shape index (κ1) is 75.4. The summed E-state index contributed by atoms with van der Waals surface area (Å²) in [4.78, 5) is 193. The van der Waals surface area contributed by atoms with Gasteiger partial charge in [0.05, 0.1) is 31.6 Å². The quantitative estimate of drug-likeness (QED) is 0.0219. The Labute approximate surface area is 533 Å². The van der Waals surface area contributed by atoms with Crippen molar-refractivity contribution in [2.75, 3.05) is 49.3 Å². The van der Waals surface area contributed by atoms with Gasteiger partial charge in [-0.3, -0.25) is 67.1 Å². The molecule has 1 saturated heterocycles. The average Bonchev–Trinajstić information content (AvgIpc) is 2.73. The molecule has 14 amide bonds. The van der Waals surface area contributed by atoms with Crippen LogP contribution in [0, 0.1) is 0 Å². The number of imidazole rings is 1. The summed E-state index contributed by atoms with van der Waals surface area (Å²) in [5.41, 5.74) is 17.1. The van der Waals surface area contributed by atoms with E-state index in [1.165, 1.54) is 50.6 Å². The van der Waals surface area contributed by atoms with Crippen LogP contribution in [0.5, 0.6) is 5.75 Å². The molecule has 11 atom stereocenters. The van der Waals surface area contributed by atoms with E-state index in [4.69, 9.17) is 17.2 Å². The normalized spacial score (nSPS) is 16.0. The predicted molar refractivity (Wildman–Crippen MR) is 331 cm³/mol. The molecule has 1 aromatic carbocycles. The molecule has 1 aromatic heterocycles. The standard InChI is InChI=1S/C52H79N17O16S4/c1-25(59-51(84)39-7-5-13-69(39)52(85)33(16-40(54)73)64-50(83)38(23-89)68-49(82)37(22-88)60-26(2)71)43(76)67-36(21-87)44(77)57-18-41(74)61-30(6-3-4-12-53)45(78)63-32(15-28-17-56-24-58-28)47(80)62-31(14-27-8-10-29(72)11-9-27)46(79)65-34(19-70)48(81)66-35(20-86)42(55)75/h8-11,17,24-25,30-39,70,72,86-89H,3-7,12-16,18-23,53H2,1-2H3,(H2,54,73)(H2,55,75)(H,56,58)(H,57,77)(H,59,84)(H,60,71)(H,61,74)(H,62,80)(H,63,78)(H,64,83)(H,65,79)(H,66,81)(H,67,76)(H,68,82)/t25-,30-,31-,32-,33-,34-,35-,36-,37-,38-,39-/m0/s1. The third kappa shape index (κ3) is 25.3. The van der Waals surface area contributed by atoms with E-state index in [0.29, 0.717) is 12.0 Å². The van der Waals surface area contributed by atoms with E-state index in [9.17, 15) is 77.3 Å². The van der Waals surface area contributed by atoms with Crippen LogP contribution in [-0.2, 0) is 80.0 Å². The highest BCUT2D eigenvalue weighted by Gasteiger charge is 2.40. The van der Waals surface area contributed by atoms with Crippen LogP contribution in [0.1, 0.15) is 63.6 Å². The molecule has 2 aromatic rings. The fourth-order valence-corrected chi connectivity index (χ4v) is 9.68. The molecule has 3 rings (SSSR count). The Bertz CT molecular complexity index is 2810. The van der Waals surface area contributed by atoms with Crippen LogP contribution >= 0.6 is 50.5 Å². The largest absolute Gasteiger partial charge is 0.508 e. The second kappa shape index (κ2) is 38.5. The van der Waals surface area contributed by atoms with Gasteiger partial charge in [-0.15, -0.1) is 0 Å². The number of aromatic nitrogens is 2. The summed E-state index contributed by atoms with van der Waals surface area (Å²) in [5.74, 6) is -13.6. The number of nitrogens with zero attached hydrogens (tertiary/aromatic N) is 2. The van der Waals surface area contributed by atoms with Crippen molar-refractivity contribution in [2.24, 2.45) is 17.2 Å². The number of hydrogen-bond donors (Lipinski definition) is 21. The third-order valence-electron chi connectivity index (χ3n) is 13.4. The van der Waals surface area contributed by atoms with Crippen molar-refractivity contribution in [3.05, 3.63) is 48.0 Å². The van der Waals surface area contributed by atoms with Crippen LogP contribution in [0.3, 0.4) is 0 Å². The number of aromatic hydroxyl groups is 1. The number of aromatic amines is 1. The van der Waals surface area contributed by atoms with Gasteiger partial charge in [-0.25, -0.2) is 4.98 Å². The van der Waals surface area contributed by atoms with E-state index in [1.807, 2.05) is 0 Å². The SMILES string of the molecule is CC(=O)N[C@@H](CS)C(=O)N[C@@H](CS)C(=O)N[C@@H](CC(N)=O)C(=O)N1CCC[C@H]1C(=O)N[C@@H](C)C(=O)N[C@@H](CS)C(=O)NCC(=O)N[C@@H](CCCCN)C(=O)N[C@@H](Cc1c[nH]cn1)C(=O)N[C@@H](Cc1ccc(O)cc1)C(=O)N[C@@H](CO)C(=O)N[C@@H](CS)C(N)=O. The average molecular weight is 1330 g/mol. The number of rotatable bonds is 38. The van der Waals surface area contributed by atoms with Crippen LogP contribution in [0.15, 0.2) is 36.8 Å². The molecular formula is C52H79N17O16S4. The Morgan fingerprint density at radius 1 is 0.629 bits per heavy atom. The van der Waals surface area contributed by atoms with E-state index in [0.717, 1.165) is 4.90 Å². The van der Waals surface area contributed by atoms with Gasteiger partial charge >= 0.3 is 0 Å². The van der Waals surface area contributed by atoms with Gasteiger partial charge in [0.1, 0.15) is 72.2 Å². The number of hydrogen-bond acceptors (Lipinski definition) is 22. The molecule has 20 N–H and O–H groups in total. The molecule has 1 fully saturated rings. The topological polar surface area (TPSA) is 522 Å². The summed E-state index contributed by atoms with van der Waals surface area (Å²) in [7, 11) is 0. The maximum Gasteiger partial charge on any atom is 0.246 e. The van der Waals surface area contributed by atoms with Gasteiger partial charge in [-0.05, 0) is 63.3 Å². The molecule has 0 spiro atoms. The van der Waals surface area contributed by atoms with Crippen LogP contribution < -0.4 is 75.7 Å². The molecule has 0 bridgehead atoms. The Morgan fingerprint density at radius 3 is 1.67 bits per heavy atom. The number of phenols is 1. The van der Waals surface area contributed by atoms with E-state index in [1.54, 1.807) is 0 Å². The molecule has 0 aliphatic carbocycles. The lowest BCUT2D eigenvalue weighted by Gasteiger charge is -2.30. The zero-order valence-electron chi connectivity index (χ0n) is 48.7. The van der Waals surface area contributed by atoms with Crippen molar-refractivity contribution in [1.82, 2.24) is 73.4 Å². The van der Waals surface area contributed by atoms with Crippen LogP contribution in [0.4, 0.5) is 0 Å². The number of amides is 14. The summed E-state index contributed by atoms with van der Waals surface area (Å²) < 4.78 is 0. The molecule has 33 nitrogen and oxygen atoms in total. The van der Waals surface area contributed by atoms with E-state index < -0.39 is 169 Å². The number of nitrogens with two attached hydrogens (primary N) is 3. The van der Waals surface area contributed by atoms with Gasteiger partial charge in [0.25, 0.3) is 0 Å². The minimum absolute atomic E-state index is 0.0145. The lowest BCUT2D eigenvalue weighted by atomic mass is 10.0. The van der Waals surface area contributed by atoms with E-state index in [2.05, 4.69) is 119 Å². The van der Waals surface area contributed by atoms with Crippen molar-refractivity contribution in [2.45, 2.75) is 132 Å². The summed E-state index contributed by atoms with van der Waals surface area (Å²) in [5, 5.41) is 46.7. The van der Waals surface area contributed by atoms with Crippen LogP contribution in [0.2, 0.25) is 0 Å². The highest BCUT2D eigenvalue weighted by molar-refractivity contribution is 7.80. The summed E-state index contributed by atoms with van der Waals surface area (Å²) >= 11 is 16.3. The van der Waals surface area contributed by atoms with Gasteiger partial charge in [0, 0.05) is 55.5 Å². The number of unbranched alkanes of at least 4 members (excludes halogenated alkanes) is 1. The zero-order valence-corrected chi connectivity index (χ0v) is 52.2. The molecule has 0 unspecified atom stereocenters. The number of nitrogens with one attached hydrogen (secondary N) is 12. The minimum atomic E-state index is -1.65. The first-order chi connectivity index (χ1) is 42.2. The Hall–Kier alpha value is -7.87. The number of aliphatic hydroxyl groups excluding tert-OH is 1. The predicted octanol–water partition coefficient (Wildman–Crippen LogP) is -7.90. The second-order valence-electron chi connectivity index (χ2n) is 20.3. The number of benzene rings is 1. The number of primary amides is 2. The number of carbonyl (C=O) groups is 14.